The molecule has 0 N–H and O–H groups in total. The first-order chi connectivity index (χ1) is 26.7. The monoisotopic (exact) mass is 692 g/mol. The summed E-state index contributed by atoms with van der Waals surface area (Å²) in [5.41, 5.74) is 18.3. The summed E-state index contributed by atoms with van der Waals surface area (Å²) < 4.78 is 0. The van der Waals surface area contributed by atoms with Gasteiger partial charge in [0.05, 0.1) is 11.4 Å². The summed E-state index contributed by atoms with van der Waals surface area (Å²) in [6.07, 6.45) is 6.40. The minimum atomic E-state index is 0.142. The molecule has 2 nitrogen and oxygen atoms in total. The zero-order valence-corrected chi connectivity index (χ0v) is 30.3. The molecule has 1 spiro atoms. The molecule has 8 aromatic rings. The summed E-state index contributed by atoms with van der Waals surface area (Å²) in [7, 11) is 0. The molecule has 1 aromatic heterocycles. The molecule has 7 aromatic carbocycles. The molecule has 0 unspecified atom stereocenters. The third kappa shape index (κ3) is 5.67. The molecule has 54 heavy (non-hydrogen) atoms. The average Bonchev–Trinajstić information content (AvgIpc) is 3.53. The summed E-state index contributed by atoms with van der Waals surface area (Å²) in [5.74, 6) is 0.715. The summed E-state index contributed by atoms with van der Waals surface area (Å²) in [6.45, 7) is 0. The van der Waals surface area contributed by atoms with Crippen molar-refractivity contribution < 1.29 is 0 Å². The second-order valence-corrected chi connectivity index (χ2v) is 14.8. The summed E-state index contributed by atoms with van der Waals surface area (Å²) in [4.78, 5) is 10.3. The highest BCUT2D eigenvalue weighted by Gasteiger charge is 2.44. The highest BCUT2D eigenvalue weighted by Crippen LogP contribution is 2.57. The first kappa shape index (κ1) is 32.3. The Morgan fingerprint density at radius 2 is 0.815 bits per heavy atom. The molecular weight excluding hydrogens is 653 g/mol. The van der Waals surface area contributed by atoms with Crippen molar-refractivity contribution in [2.45, 2.75) is 37.5 Å². The van der Waals surface area contributed by atoms with Gasteiger partial charge in [-0.25, -0.2) is 9.97 Å². The van der Waals surface area contributed by atoms with Gasteiger partial charge in [0.1, 0.15) is 0 Å². The topological polar surface area (TPSA) is 25.8 Å². The summed E-state index contributed by atoms with van der Waals surface area (Å²) in [5, 5.41) is 0. The predicted octanol–water partition coefficient (Wildman–Crippen LogP) is 13.7. The van der Waals surface area contributed by atoms with Crippen molar-refractivity contribution in [3.63, 3.8) is 0 Å². The molecule has 0 atom stereocenters. The lowest BCUT2D eigenvalue weighted by Crippen LogP contribution is -2.27. The second-order valence-electron chi connectivity index (χ2n) is 14.8. The lowest BCUT2D eigenvalue weighted by Gasteiger charge is -2.36. The van der Waals surface area contributed by atoms with E-state index in [1.54, 1.807) is 0 Å². The zero-order valence-electron chi connectivity index (χ0n) is 30.3. The predicted molar refractivity (Wildman–Crippen MR) is 224 cm³/mol. The summed E-state index contributed by atoms with van der Waals surface area (Å²) in [6, 6.07) is 65.7. The van der Waals surface area contributed by atoms with Gasteiger partial charge in [-0.1, -0.05) is 183 Å². The van der Waals surface area contributed by atoms with Crippen LogP contribution in [-0.4, -0.2) is 9.97 Å². The van der Waals surface area contributed by atoms with E-state index in [9.17, 15) is 0 Å². The second kappa shape index (κ2) is 13.5. The molecule has 2 aliphatic carbocycles. The van der Waals surface area contributed by atoms with E-state index in [1.165, 1.54) is 82.2 Å². The minimum absolute atomic E-state index is 0.142. The van der Waals surface area contributed by atoms with E-state index in [0.29, 0.717) is 5.82 Å². The van der Waals surface area contributed by atoms with E-state index in [-0.39, 0.29) is 5.41 Å². The quantitative estimate of drug-likeness (QED) is 0.173. The maximum absolute atomic E-state index is 5.19. The Kier molecular flexibility index (Phi) is 8.10. The Balaban J connectivity index is 1.04. The van der Waals surface area contributed by atoms with E-state index in [1.807, 2.05) is 6.07 Å². The van der Waals surface area contributed by atoms with Crippen molar-refractivity contribution in [2.24, 2.45) is 0 Å². The molecule has 2 heteroatoms. The SMILES string of the molecule is c1ccc(-c2ccc(-c3cc(-c4ccccc4)nc(-c4cccc(-c5cccc(-c6cccc7c6-c6ccccc6C76CCCCC6)c5)c4)n3)cc2)cc1. The molecule has 10 rings (SSSR count). The number of hydrogen-bond acceptors (Lipinski definition) is 2. The number of fused-ring (bicyclic) bond motifs is 5. The van der Waals surface area contributed by atoms with Crippen molar-refractivity contribution in [1.29, 1.82) is 0 Å². The van der Waals surface area contributed by atoms with Crippen LogP contribution >= 0.6 is 0 Å². The summed E-state index contributed by atoms with van der Waals surface area (Å²) >= 11 is 0. The van der Waals surface area contributed by atoms with E-state index < -0.39 is 0 Å². The molecular formula is C52H40N2. The van der Waals surface area contributed by atoms with Crippen LogP contribution in [-0.2, 0) is 5.41 Å². The molecule has 0 radical (unpaired) electrons. The van der Waals surface area contributed by atoms with Gasteiger partial charge in [0.15, 0.2) is 5.82 Å². The van der Waals surface area contributed by atoms with Crippen LogP contribution < -0.4 is 0 Å². The van der Waals surface area contributed by atoms with Gasteiger partial charge >= 0.3 is 0 Å². The van der Waals surface area contributed by atoms with Gasteiger partial charge in [-0.15, -0.1) is 0 Å². The van der Waals surface area contributed by atoms with Gasteiger partial charge in [-0.2, -0.15) is 0 Å². The number of rotatable bonds is 6. The Labute approximate surface area is 317 Å². The largest absolute Gasteiger partial charge is 0.228 e. The number of aromatic nitrogens is 2. The maximum Gasteiger partial charge on any atom is 0.160 e. The molecule has 2 aliphatic rings. The van der Waals surface area contributed by atoms with Crippen LogP contribution in [0.5, 0.6) is 0 Å². The molecule has 0 amide bonds. The standard InChI is InChI=1S/C52H40N2/c1-4-15-36(16-5-1)37-27-29-39(30-28-37)49-35-48(38-17-6-2-7-18-38)53-51(54-49)43-22-13-20-41(34-43)40-19-12-21-42(33-40)44-24-14-26-47-50(44)45-23-8-9-25-46(45)52(47)31-10-3-11-32-52/h1-2,4-9,12-30,33-35H,3,10-11,31-32H2. The van der Waals surface area contributed by atoms with Crippen LogP contribution in [0.15, 0.2) is 182 Å². The van der Waals surface area contributed by atoms with Crippen molar-refractivity contribution in [2.75, 3.05) is 0 Å². The Hall–Kier alpha value is -6.38. The van der Waals surface area contributed by atoms with E-state index in [2.05, 4.69) is 176 Å². The molecule has 258 valence electrons. The fourth-order valence-corrected chi connectivity index (χ4v) is 9.09. The molecule has 1 saturated carbocycles. The molecule has 1 fully saturated rings. The first-order valence-electron chi connectivity index (χ1n) is 19.3. The normalized spacial score (nSPS) is 14.1. The number of benzene rings is 7. The number of hydrogen-bond donors (Lipinski definition) is 0. The fourth-order valence-electron chi connectivity index (χ4n) is 9.09. The van der Waals surface area contributed by atoms with E-state index in [0.717, 1.165) is 33.6 Å². The molecule has 0 aliphatic heterocycles. The smallest absolute Gasteiger partial charge is 0.160 e. The van der Waals surface area contributed by atoms with Gasteiger partial charge in [0, 0.05) is 22.1 Å². The van der Waals surface area contributed by atoms with Gasteiger partial charge < -0.3 is 0 Å². The van der Waals surface area contributed by atoms with E-state index >= 15 is 0 Å². The van der Waals surface area contributed by atoms with Crippen LogP contribution in [0.4, 0.5) is 0 Å². The van der Waals surface area contributed by atoms with Crippen LogP contribution in [0.25, 0.3) is 78.4 Å². The fraction of sp³-hybridized carbons (Fsp3) is 0.115. The van der Waals surface area contributed by atoms with Gasteiger partial charge in [-0.3, -0.25) is 0 Å². The van der Waals surface area contributed by atoms with Crippen LogP contribution in [0.2, 0.25) is 0 Å². The molecule has 0 bridgehead atoms. The zero-order chi connectivity index (χ0) is 35.9. The van der Waals surface area contributed by atoms with Crippen molar-refractivity contribution in [1.82, 2.24) is 9.97 Å². The molecule has 1 heterocycles. The van der Waals surface area contributed by atoms with Gasteiger partial charge in [0.25, 0.3) is 0 Å². The third-order valence-corrected chi connectivity index (χ3v) is 11.7. The van der Waals surface area contributed by atoms with Gasteiger partial charge in [-0.05, 0) is 86.7 Å². The van der Waals surface area contributed by atoms with Gasteiger partial charge in [0.2, 0.25) is 0 Å². The van der Waals surface area contributed by atoms with Crippen molar-refractivity contribution >= 4 is 0 Å². The van der Waals surface area contributed by atoms with Crippen LogP contribution in [0.1, 0.15) is 43.2 Å². The highest BCUT2D eigenvalue weighted by atomic mass is 14.9. The number of nitrogens with zero attached hydrogens (tertiary/aromatic N) is 2. The highest BCUT2D eigenvalue weighted by molar-refractivity contribution is 5.93. The Morgan fingerprint density at radius 3 is 1.54 bits per heavy atom. The first-order valence-corrected chi connectivity index (χ1v) is 19.3. The lowest BCUT2D eigenvalue weighted by atomic mass is 9.68. The average molecular weight is 693 g/mol. The Bertz CT molecular complexity index is 2620. The third-order valence-electron chi connectivity index (χ3n) is 11.7. The van der Waals surface area contributed by atoms with Crippen LogP contribution in [0.3, 0.4) is 0 Å². The lowest BCUT2D eigenvalue weighted by molar-refractivity contribution is 0.353. The Morgan fingerprint density at radius 1 is 0.333 bits per heavy atom. The van der Waals surface area contributed by atoms with E-state index in [4.69, 9.17) is 9.97 Å². The minimum Gasteiger partial charge on any atom is -0.228 e. The maximum atomic E-state index is 5.19. The van der Waals surface area contributed by atoms with Crippen LogP contribution in [0, 0.1) is 0 Å². The van der Waals surface area contributed by atoms with Crippen molar-refractivity contribution in [3.8, 4) is 78.4 Å². The van der Waals surface area contributed by atoms with Crippen molar-refractivity contribution in [3.05, 3.63) is 193 Å². The molecule has 0 saturated heterocycles.